The normalized spacial score (nSPS) is 28.4. The largest absolute Gasteiger partial charge is 0.448 e. The fraction of sp³-hybridized carbons (Fsp3) is 0.529. The summed E-state index contributed by atoms with van der Waals surface area (Å²) in [4.78, 5) is 24.2. The first-order chi connectivity index (χ1) is 10.1. The summed E-state index contributed by atoms with van der Waals surface area (Å²) in [6, 6.07) is 7.55. The monoisotopic (exact) mass is 287 g/mol. The van der Waals surface area contributed by atoms with Crippen LogP contribution in [-0.2, 0) is 16.0 Å². The zero-order chi connectivity index (χ0) is 14.8. The number of hydrogen-bond acceptors (Lipinski definition) is 3. The zero-order valence-corrected chi connectivity index (χ0v) is 12.3. The van der Waals surface area contributed by atoms with Crippen LogP contribution < -0.4 is 5.32 Å². The van der Waals surface area contributed by atoms with Crippen molar-refractivity contribution < 1.29 is 14.3 Å². The number of cyclic esters (lactones) is 1. The molecule has 0 bridgehead atoms. The summed E-state index contributed by atoms with van der Waals surface area (Å²) in [6.07, 6.45) is 4.12. The first kappa shape index (κ1) is 14.1. The SMILES string of the molecule is CC1CCC(NC(=O)[C@@H]2Cc3ccccc3C(=O)O2)CC1. The summed E-state index contributed by atoms with van der Waals surface area (Å²) >= 11 is 0. The maximum atomic E-state index is 12.3. The molecule has 0 aromatic heterocycles. The fourth-order valence-electron chi connectivity index (χ4n) is 3.18. The number of carbonyl (C=O) groups excluding carboxylic acids is 2. The summed E-state index contributed by atoms with van der Waals surface area (Å²) in [5.74, 6) is 0.198. The third-order valence-electron chi connectivity index (χ3n) is 4.55. The molecule has 1 heterocycles. The molecule has 1 aliphatic carbocycles. The van der Waals surface area contributed by atoms with Gasteiger partial charge in [0.15, 0.2) is 6.10 Å². The van der Waals surface area contributed by atoms with Crippen LogP contribution >= 0.6 is 0 Å². The van der Waals surface area contributed by atoms with Gasteiger partial charge in [-0.15, -0.1) is 0 Å². The van der Waals surface area contributed by atoms with Crippen LogP contribution in [0.5, 0.6) is 0 Å². The average molecular weight is 287 g/mol. The molecule has 1 aromatic rings. The van der Waals surface area contributed by atoms with Crippen molar-refractivity contribution in [3.63, 3.8) is 0 Å². The van der Waals surface area contributed by atoms with Gasteiger partial charge in [0.25, 0.3) is 5.91 Å². The number of rotatable bonds is 2. The number of benzene rings is 1. The second-order valence-electron chi connectivity index (χ2n) is 6.22. The van der Waals surface area contributed by atoms with Crippen LogP contribution in [0.2, 0.25) is 0 Å². The minimum absolute atomic E-state index is 0.155. The average Bonchev–Trinajstić information content (AvgIpc) is 2.49. The predicted molar refractivity (Wildman–Crippen MR) is 78.9 cm³/mol. The fourth-order valence-corrected chi connectivity index (χ4v) is 3.18. The van der Waals surface area contributed by atoms with Crippen LogP contribution in [0.1, 0.15) is 48.5 Å². The Hall–Kier alpha value is -1.84. The van der Waals surface area contributed by atoms with E-state index in [1.165, 1.54) is 0 Å². The Morgan fingerprint density at radius 2 is 1.90 bits per heavy atom. The lowest BCUT2D eigenvalue weighted by Crippen LogP contribution is -2.46. The number of fused-ring (bicyclic) bond motifs is 1. The Bertz CT molecular complexity index is 547. The van der Waals surface area contributed by atoms with Gasteiger partial charge in [0, 0.05) is 12.5 Å². The van der Waals surface area contributed by atoms with Gasteiger partial charge in [-0.3, -0.25) is 4.79 Å². The lowest BCUT2D eigenvalue weighted by atomic mass is 9.87. The van der Waals surface area contributed by atoms with Gasteiger partial charge >= 0.3 is 5.97 Å². The van der Waals surface area contributed by atoms with Crippen LogP contribution in [0.15, 0.2) is 24.3 Å². The van der Waals surface area contributed by atoms with Crippen LogP contribution in [-0.4, -0.2) is 24.0 Å². The minimum atomic E-state index is -0.688. The van der Waals surface area contributed by atoms with Crippen LogP contribution in [0.25, 0.3) is 0 Å². The van der Waals surface area contributed by atoms with Gasteiger partial charge < -0.3 is 10.1 Å². The quantitative estimate of drug-likeness (QED) is 0.850. The maximum absolute atomic E-state index is 12.3. The standard InChI is InChI=1S/C17H21NO3/c1-11-6-8-13(9-7-11)18-16(19)15-10-12-4-2-3-5-14(12)17(20)21-15/h2-5,11,13,15H,6-10H2,1H3,(H,18,19)/t11?,13?,15-/m0/s1. The number of nitrogens with one attached hydrogen (secondary N) is 1. The van der Waals surface area contributed by atoms with Crippen LogP contribution in [0.4, 0.5) is 0 Å². The number of esters is 1. The lowest BCUT2D eigenvalue weighted by molar-refractivity contribution is -0.131. The van der Waals surface area contributed by atoms with E-state index in [2.05, 4.69) is 12.2 Å². The van der Waals surface area contributed by atoms with E-state index >= 15 is 0 Å². The maximum Gasteiger partial charge on any atom is 0.339 e. The molecule has 0 unspecified atom stereocenters. The highest BCUT2D eigenvalue weighted by molar-refractivity contribution is 5.95. The molecule has 0 radical (unpaired) electrons. The van der Waals surface area contributed by atoms with E-state index in [0.29, 0.717) is 12.0 Å². The Kier molecular flexibility index (Phi) is 3.95. The van der Waals surface area contributed by atoms with Crippen LogP contribution in [0, 0.1) is 5.92 Å². The Morgan fingerprint density at radius 3 is 2.67 bits per heavy atom. The van der Waals surface area contributed by atoms with E-state index in [4.69, 9.17) is 4.74 Å². The summed E-state index contributed by atoms with van der Waals surface area (Å²) in [7, 11) is 0. The number of hydrogen-bond donors (Lipinski definition) is 1. The molecule has 0 spiro atoms. The molecule has 21 heavy (non-hydrogen) atoms. The van der Waals surface area contributed by atoms with Gasteiger partial charge in [0.2, 0.25) is 0 Å². The molecule has 1 atom stereocenters. The summed E-state index contributed by atoms with van der Waals surface area (Å²) in [6.45, 7) is 2.25. The third-order valence-corrected chi connectivity index (χ3v) is 4.55. The van der Waals surface area contributed by atoms with Crippen molar-refractivity contribution in [3.8, 4) is 0 Å². The second-order valence-corrected chi connectivity index (χ2v) is 6.22. The Balaban J connectivity index is 1.63. The van der Waals surface area contributed by atoms with E-state index in [-0.39, 0.29) is 11.9 Å². The van der Waals surface area contributed by atoms with Gasteiger partial charge in [0.05, 0.1) is 5.56 Å². The Morgan fingerprint density at radius 1 is 1.19 bits per heavy atom. The number of carbonyl (C=O) groups is 2. The van der Waals surface area contributed by atoms with E-state index in [9.17, 15) is 9.59 Å². The highest BCUT2D eigenvalue weighted by Crippen LogP contribution is 2.24. The number of ether oxygens (including phenoxy) is 1. The van der Waals surface area contributed by atoms with Crippen molar-refractivity contribution in [2.45, 2.75) is 51.2 Å². The summed E-state index contributed by atoms with van der Waals surface area (Å²) in [5.41, 5.74) is 1.47. The zero-order valence-electron chi connectivity index (χ0n) is 12.3. The molecule has 1 N–H and O–H groups in total. The van der Waals surface area contributed by atoms with Gasteiger partial charge in [-0.1, -0.05) is 25.1 Å². The van der Waals surface area contributed by atoms with Crippen LogP contribution in [0.3, 0.4) is 0 Å². The molecule has 4 nitrogen and oxygen atoms in total. The first-order valence-electron chi connectivity index (χ1n) is 7.72. The van der Waals surface area contributed by atoms with Crippen molar-refractivity contribution in [2.24, 2.45) is 5.92 Å². The Labute approximate surface area is 124 Å². The molecule has 1 aliphatic heterocycles. The smallest absolute Gasteiger partial charge is 0.339 e. The molecular formula is C17H21NO3. The molecule has 3 rings (SSSR count). The second kappa shape index (κ2) is 5.88. The third kappa shape index (κ3) is 3.09. The van der Waals surface area contributed by atoms with Crippen molar-refractivity contribution >= 4 is 11.9 Å². The van der Waals surface area contributed by atoms with E-state index in [0.717, 1.165) is 37.2 Å². The van der Waals surface area contributed by atoms with E-state index in [1.54, 1.807) is 6.07 Å². The first-order valence-corrected chi connectivity index (χ1v) is 7.72. The van der Waals surface area contributed by atoms with Gasteiger partial charge in [-0.25, -0.2) is 4.79 Å². The highest BCUT2D eigenvalue weighted by Gasteiger charge is 2.32. The summed E-state index contributed by atoms with van der Waals surface area (Å²) < 4.78 is 5.29. The minimum Gasteiger partial charge on any atom is -0.448 e. The molecule has 0 saturated heterocycles. The topological polar surface area (TPSA) is 55.4 Å². The predicted octanol–water partition coefficient (Wildman–Crippen LogP) is 2.46. The molecule has 1 fully saturated rings. The molecule has 1 amide bonds. The summed E-state index contributed by atoms with van der Waals surface area (Å²) in [5, 5.41) is 3.04. The van der Waals surface area contributed by atoms with Crippen molar-refractivity contribution in [1.29, 1.82) is 0 Å². The lowest BCUT2D eigenvalue weighted by Gasteiger charge is -2.29. The van der Waals surface area contributed by atoms with Gasteiger partial charge in [-0.2, -0.15) is 0 Å². The van der Waals surface area contributed by atoms with Gasteiger partial charge in [0.1, 0.15) is 0 Å². The number of amides is 1. The molecule has 112 valence electrons. The van der Waals surface area contributed by atoms with Crippen molar-refractivity contribution in [2.75, 3.05) is 0 Å². The molecule has 2 aliphatic rings. The molecular weight excluding hydrogens is 266 g/mol. The van der Waals surface area contributed by atoms with E-state index in [1.807, 2.05) is 18.2 Å². The van der Waals surface area contributed by atoms with Gasteiger partial charge in [-0.05, 0) is 43.2 Å². The van der Waals surface area contributed by atoms with E-state index < -0.39 is 12.1 Å². The molecule has 4 heteroatoms. The highest BCUT2D eigenvalue weighted by atomic mass is 16.5. The van der Waals surface area contributed by atoms with Crippen molar-refractivity contribution in [3.05, 3.63) is 35.4 Å². The van der Waals surface area contributed by atoms with Crippen molar-refractivity contribution in [1.82, 2.24) is 5.32 Å². The molecule has 1 saturated carbocycles. The molecule has 1 aromatic carbocycles.